The van der Waals surface area contributed by atoms with Crippen LogP contribution in [0.3, 0.4) is 0 Å². The first-order valence-corrected chi connectivity index (χ1v) is 4.54. The average molecular weight is 243 g/mol. The van der Waals surface area contributed by atoms with Crippen molar-refractivity contribution in [2.24, 2.45) is 5.73 Å². The maximum Gasteiger partial charge on any atom is 0.335 e. The second kappa shape index (κ2) is 4.99. The fourth-order valence-corrected chi connectivity index (χ4v) is 1.55. The Hall–Kier alpha value is -1.55. The van der Waals surface area contributed by atoms with Crippen molar-refractivity contribution in [3.8, 4) is 0 Å². The van der Waals surface area contributed by atoms with Crippen molar-refractivity contribution >= 4 is 24.2 Å². The maximum absolute atomic E-state index is 10.9. The number of amidine groups is 1. The van der Waals surface area contributed by atoms with Gasteiger partial charge in [-0.3, -0.25) is 5.41 Å². The highest BCUT2D eigenvalue weighted by atomic mass is 35.5. The Balaban J connectivity index is 0.00000225. The molecule has 0 radical (unpaired) electrons. The highest BCUT2D eigenvalue weighted by molar-refractivity contribution is 6.00. The molecular weight excluding hydrogens is 228 g/mol. The molecule has 0 aliphatic rings. The van der Waals surface area contributed by atoms with E-state index in [9.17, 15) is 4.79 Å². The van der Waals surface area contributed by atoms with Gasteiger partial charge < -0.3 is 10.8 Å². The smallest absolute Gasteiger partial charge is 0.335 e. The van der Waals surface area contributed by atoms with Gasteiger partial charge in [-0.15, -0.1) is 12.4 Å². The van der Waals surface area contributed by atoms with E-state index in [2.05, 4.69) is 0 Å². The molecule has 4 nitrogen and oxygen atoms in total. The molecule has 0 unspecified atom stereocenters. The number of carboxylic acid groups (broad SMARTS) is 1. The third kappa shape index (κ3) is 2.33. The van der Waals surface area contributed by atoms with Gasteiger partial charge in [0, 0.05) is 5.56 Å². The summed E-state index contributed by atoms with van der Waals surface area (Å²) >= 11 is 0. The quantitative estimate of drug-likeness (QED) is 0.548. The topological polar surface area (TPSA) is 87.2 Å². The SMILES string of the molecule is Cc1c(C(=N)N)cc(C(=O)O)c(C)c1C.Cl. The van der Waals surface area contributed by atoms with Gasteiger partial charge in [-0.1, -0.05) is 0 Å². The Labute approximate surface area is 100 Å². The first kappa shape index (κ1) is 14.5. The summed E-state index contributed by atoms with van der Waals surface area (Å²) in [4.78, 5) is 10.9. The zero-order valence-electron chi connectivity index (χ0n) is 9.42. The highest BCUT2D eigenvalue weighted by Crippen LogP contribution is 2.21. The minimum atomic E-state index is -0.988. The second-order valence-corrected chi connectivity index (χ2v) is 3.57. The molecule has 88 valence electrons. The van der Waals surface area contributed by atoms with Gasteiger partial charge in [0.1, 0.15) is 5.84 Å². The van der Waals surface area contributed by atoms with E-state index in [1.54, 1.807) is 6.92 Å². The molecule has 1 aromatic carbocycles. The third-order valence-corrected chi connectivity index (χ3v) is 2.74. The summed E-state index contributed by atoms with van der Waals surface area (Å²) in [7, 11) is 0. The van der Waals surface area contributed by atoms with Gasteiger partial charge in [-0.25, -0.2) is 4.79 Å². The molecule has 0 saturated heterocycles. The van der Waals surface area contributed by atoms with Gasteiger partial charge >= 0.3 is 5.97 Å². The molecule has 0 heterocycles. The van der Waals surface area contributed by atoms with Crippen LogP contribution in [-0.4, -0.2) is 16.9 Å². The van der Waals surface area contributed by atoms with Crippen LogP contribution in [0.5, 0.6) is 0 Å². The van der Waals surface area contributed by atoms with E-state index in [1.165, 1.54) is 6.07 Å². The van der Waals surface area contributed by atoms with Crippen LogP contribution in [0.4, 0.5) is 0 Å². The van der Waals surface area contributed by atoms with Crippen molar-refractivity contribution in [1.29, 1.82) is 5.41 Å². The summed E-state index contributed by atoms with van der Waals surface area (Å²) in [6, 6.07) is 1.46. The number of hydrogen-bond donors (Lipinski definition) is 3. The van der Waals surface area contributed by atoms with E-state index < -0.39 is 5.97 Å². The van der Waals surface area contributed by atoms with Crippen molar-refractivity contribution in [3.63, 3.8) is 0 Å². The van der Waals surface area contributed by atoms with Crippen molar-refractivity contribution in [1.82, 2.24) is 0 Å². The fourth-order valence-electron chi connectivity index (χ4n) is 1.55. The number of carbonyl (C=O) groups is 1. The second-order valence-electron chi connectivity index (χ2n) is 3.57. The standard InChI is InChI=1S/C11H14N2O2.ClH/c1-5-6(2)8(10(12)13)4-9(7(5)3)11(14)15;/h4H,1-3H3,(H3,12,13)(H,14,15);1H. The summed E-state index contributed by atoms with van der Waals surface area (Å²) in [5.41, 5.74) is 8.57. The van der Waals surface area contributed by atoms with Gasteiger partial charge in [-0.05, 0) is 43.5 Å². The van der Waals surface area contributed by atoms with Gasteiger partial charge in [0.15, 0.2) is 0 Å². The number of hydrogen-bond acceptors (Lipinski definition) is 2. The van der Waals surface area contributed by atoms with Crippen molar-refractivity contribution in [2.75, 3.05) is 0 Å². The fraction of sp³-hybridized carbons (Fsp3) is 0.273. The number of nitrogens with one attached hydrogen (secondary N) is 1. The summed E-state index contributed by atoms with van der Waals surface area (Å²) < 4.78 is 0. The van der Waals surface area contributed by atoms with Gasteiger partial charge in [0.25, 0.3) is 0 Å². The minimum Gasteiger partial charge on any atom is -0.478 e. The van der Waals surface area contributed by atoms with E-state index >= 15 is 0 Å². The van der Waals surface area contributed by atoms with Crippen molar-refractivity contribution in [3.05, 3.63) is 33.9 Å². The number of carboxylic acids is 1. The number of rotatable bonds is 2. The van der Waals surface area contributed by atoms with Crippen LogP contribution in [0, 0.1) is 26.2 Å². The van der Waals surface area contributed by atoms with Gasteiger partial charge in [-0.2, -0.15) is 0 Å². The van der Waals surface area contributed by atoms with E-state index in [0.29, 0.717) is 5.56 Å². The zero-order valence-corrected chi connectivity index (χ0v) is 10.2. The lowest BCUT2D eigenvalue weighted by molar-refractivity contribution is 0.0696. The summed E-state index contributed by atoms with van der Waals surface area (Å²) in [5.74, 6) is -1.09. The molecule has 0 fully saturated rings. The molecule has 1 rings (SSSR count). The number of aromatic carboxylic acids is 1. The maximum atomic E-state index is 10.9. The molecular formula is C11H15ClN2O2. The first-order chi connectivity index (χ1) is 6.86. The normalized spacial score (nSPS) is 9.44. The van der Waals surface area contributed by atoms with Crippen molar-refractivity contribution in [2.45, 2.75) is 20.8 Å². The molecule has 4 N–H and O–H groups in total. The number of nitrogen functional groups attached to an aromatic ring is 1. The lowest BCUT2D eigenvalue weighted by Crippen LogP contribution is -2.16. The number of halogens is 1. The largest absolute Gasteiger partial charge is 0.478 e. The molecule has 0 aliphatic heterocycles. The number of benzene rings is 1. The Morgan fingerprint density at radius 3 is 2.00 bits per heavy atom. The molecule has 0 atom stereocenters. The molecule has 0 amide bonds. The van der Waals surface area contributed by atoms with E-state index in [0.717, 1.165) is 16.7 Å². The first-order valence-electron chi connectivity index (χ1n) is 4.54. The van der Waals surface area contributed by atoms with Crippen LogP contribution in [0.2, 0.25) is 0 Å². The molecule has 0 aromatic heterocycles. The molecule has 0 spiro atoms. The highest BCUT2D eigenvalue weighted by Gasteiger charge is 2.15. The molecule has 0 saturated carbocycles. The van der Waals surface area contributed by atoms with E-state index in [-0.39, 0.29) is 23.8 Å². The van der Waals surface area contributed by atoms with Crippen LogP contribution in [0.1, 0.15) is 32.6 Å². The van der Waals surface area contributed by atoms with Gasteiger partial charge in [0.05, 0.1) is 5.56 Å². The molecule has 1 aromatic rings. The lowest BCUT2D eigenvalue weighted by Gasteiger charge is -2.12. The van der Waals surface area contributed by atoms with Crippen LogP contribution < -0.4 is 5.73 Å². The Morgan fingerprint density at radius 2 is 1.62 bits per heavy atom. The Bertz CT molecular complexity index is 418. The Morgan fingerprint density at radius 1 is 1.19 bits per heavy atom. The monoisotopic (exact) mass is 242 g/mol. The summed E-state index contributed by atoms with van der Waals surface area (Å²) in [5, 5.41) is 16.3. The van der Waals surface area contributed by atoms with Crippen LogP contribution >= 0.6 is 12.4 Å². The lowest BCUT2D eigenvalue weighted by atomic mass is 9.93. The summed E-state index contributed by atoms with van der Waals surface area (Å²) in [6.07, 6.45) is 0. The predicted molar refractivity (Wildman–Crippen MR) is 65.9 cm³/mol. The minimum absolute atomic E-state index is 0. The average Bonchev–Trinajstić information content (AvgIpc) is 2.13. The zero-order chi connectivity index (χ0) is 11.7. The van der Waals surface area contributed by atoms with Crippen molar-refractivity contribution < 1.29 is 9.90 Å². The molecule has 16 heavy (non-hydrogen) atoms. The van der Waals surface area contributed by atoms with Crippen LogP contribution in [0.25, 0.3) is 0 Å². The van der Waals surface area contributed by atoms with E-state index in [1.807, 2.05) is 13.8 Å². The number of nitrogens with two attached hydrogens (primary N) is 1. The third-order valence-electron chi connectivity index (χ3n) is 2.74. The molecule has 0 bridgehead atoms. The van der Waals surface area contributed by atoms with Crippen LogP contribution in [-0.2, 0) is 0 Å². The molecule has 5 heteroatoms. The Kier molecular flexibility index (Phi) is 4.50. The molecule has 0 aliphatic carbocycles. The van der Waals surface area contributed by atoms with Crippen LogP contribution in [0.15, 0.2) is 6.07 Å². The van der Waals surface area contributed by atoms with E-state index in [4.69, 9.17) is 16.2 Å². The predicted octanol–water partition coefficient (Wildman–Crippen LogP) is 2.02. The van der Waals surface area contributed by atoms with Gasteiger partial charge in [0.2, 0.25) is 0 Å². The summed E-state index contributed by atoms with van der Waals surface area (Å²) in [6.45, 7) is 5.43.